The van der Waals surface area contributed by atoms with E-state index in [0.717, 1.165) is 6.42 Å². The van der Waals surface area contributed by atoms with Gasteiger partial charge in [-0.3, -0.25) is 0 Å². The van der Waals surface area contributed by atoms with Crippen molar-refractivity contribution in [3.05, 3.63) is 28.8 Å². The summed E-state index contributed by atoms with van der Waals surface area (Å²) in [7, 11) is -3.56. The average molecular weight is 333 g/mol. The number of sulfonamides is 1. The summed E-state index contributed by atoms with van der Waals surface area (Å²) in [4.78, 5) is 0.277. The van der Waals surface area contributed by atoms with Crippen molar-refractivity contribution in [1.82, 2.24) is 4.72 Å². The van der Waals surface area contributed by atoms with Crippen molar-refractivity contribution in [3.63, 3.8) is 0 Å². The van der Waals surface area contributed by atoms with Gasteiger partial charge in [0.2, 0.25) is 10.0 Å². The summed E-state index contributed by atoms with van der Waals surface area (Å²) in [6.07, 6.45) is 3.26. The molecule has 1 atom stereocenters. The summed E-state index contributed by atoms with van der Waals surface area (Å²) in [6, 6.07) is 4.29. The van der Waals surface area contributed by atoms with Crippen molar-refractivity contribution < 1.29 is 8.42 Å². The number of hydrogen-bond donors (Lipinski definition) is 2. The maximum atomic E-state index is 12.2. The Kier molecular flexibility index (Phi) is 4.69. The summed E-state index contributed by atoms with van der Waals surface area (Å²) in [5, 5.41) is 0.246. The molecule has 1 saturated carbocycles. The van der Waals surface area contributed by atoms with Gasteiger partial charge >= 0.3 is 0 Å². The molecular weight excluding hydrogens is 316 g/mol. The van der Waals surface area contributed by atoms with Crippen LogP contribution in [-0.4, -0.2) is 19.4 Å². The monoisotopic (exact) mass is 332 g/mol. The third-order valence-electron chi connectivity index (χ3n) is 3.26. The van der Waals surface area contributed by atoms with Crippen molar-refractivity contribution in [3.8, 4) is 0 Å². The zero-order valence-corrected chi connectivity index (χ0v) is 13.5. The molecule has 1 aromatic rings. The summed E-state index contributed by atoms with van der Waals surface area (Å²) in [5.74, 6) is 0.660. The molecule has 3 N–H and O–H groups in total. The van der Waals surface area contributed by atoms with Gasteiger partial charge in [0.05, 0.1) is 9.92 Å². The number of nitrogens with one attached hydrogen (secondary N) is 1. The highest BCUT2D eigenvalue weighted by atomic mass is 35.5. The second kappa shape index (κ2) is 5.97. The van der Waals surface area contributed by atoms with E-state index in [9.17, 15) is 8.42 Å². The lowest BCUT2D eigenvalue weighted by atomic mass is 10.2. The third kappa shape index (κ3) is 3.91. The van der Waals surface area contributed by atoms with Gasteiger partial charge in [0.25, 0.3) is 0 Å². The molecule has 0 saturated heterocycles. The maximum absolute atomic E-state index is 12.2. The lowest BCUT2D eigenvalue weighted by Gasteiger charge is -2.14. The summed E-state index contributed by atoms with van der Waals surface area (Å²) in [6.45, 7) is 1.88. The van der Waals surface area contributed by atoms with Crippen LogP contribution in [0.15, 0.2) is 23.1 Å². The Morgan fingerprint density at radius 2 is 2.20 bits per heavy atom. The van der Waals surface area contributed by atoms with Crippen LogP contribution in [0, 0.1) is 5.92 Å². The smallest absolute Gasteiger partial charge is 0.240 e. The van der Waals surface area contributed by atoms with Gasteiger partial charge in [-0.15, -0.1) is 0 Å². The summed E-state index contributed by atoms with van der Waals surface area (Å²) in [5.41, 5.74) is 5.98. The highest BCUT2D eigenvalue weighted by molar-refractivity contribution is 7.89. The Bertz CT molecular complexity index is 627. The van der Waals surface area contributed by atoms with E-state index in [1.54, 1.807) is 0 Å². The van der Waals surface area contributed by atoms with E-state index in [2.05, 4.69) is 4.72 Å². The molecule has 0 spiro atoms. The number of benzene rings is 1. The molecule has 4 nitrogen and oxygen atoms in total. The standard InChI is InChI=1S/C13H17ClN2O2S2/c1-8(6-9-2-3-9)16-20(17,18)10-4-5-11(13(15)19)12(14)7-10/h4-5,7-9,16H,2-3,6H2,1H3,(H2,15,19). The van der Waals surface area contributed by atoms with Crippen molar-refractivity contribution in [2.45, 2.75) is 37.1 Å². The van der Waals surface area contributed by atoms with Crippen molar-refractivity contribution >= 4 is 38.8 Å². The first-order valence-electron chi connectivity index (χ1n) is 6.41. The molecule has 1 fully saturated rings. The topological polar surface area (TPSA) is 72.2 Å². The predicted octanol–water partition coefficient (Wildman–Crippen LogP) is 2.44. The molecule has 20 heavy (non-hydrogen) atoms. The third-order valence-corrected chi connectivity index (χ3v) is 5.38. The lowest BCUT2D eigenvalue weighted by molar-refractivity contribution is 0.530. The number of halogens is 1. The van der Waals surface area contributed by atoms with Crippen LogP contribution in [0.25, 0.3) is 0 Å². The van der Waals surface area contributed by atoms with Crippen LogP contribution in [0.5, 0.6) is 0 Å². The Hall–Kier alpha value is -0.690. The van der Waals surface area contributed by atoms with E-state index < -0.39 is 10.0 Å². The highest BCUT2D eigenvalue weighted by Crippen LogP contribution is 2.33. The molecule has 110 valence electrons. The zero-order chi connectivity index (χ0) is 14.9. The molecular formula is C13H17ClN2O2S2. The van der Waals surface area contributed by atoms with Crippen molar-refractivity contribution in [2.24, 2.45) is 11.7 Å². The molecule has 7 heteroatoms. The summed E-state index contributed by atoms with van der Waals surface area (Å²) < 4.78 is 27.2. The van der Waals surface area contributed by atoms with E-state index in [1.165, 1.54) is 31.0 Å². The van der Waals surface area contributed by atoms with Gasteiger partial charge < -0.3 is 5.73 Å². The maximum Gasteiger partial charge on any atom is 0.240 e. The Balaban J connectivity index is 2.16. The van der Waals surface area contributed by atoms with Crippen LogP contribution in [0.3, 0.4) is 0 Å². The number of thiocarbonyl (C=S) groups is 1. The minimum atomic E-state index is -3.56. The largest absolute Gasteiger partial charge is 0.389 e. The highest BCUT2D eigenvalue weighted by Gasteiger charge is 2.26. The van der Waals surface area contributed by atoms with Gasteiger partial charge in [-0.2, -0.15) is 0 Å². The minimum Gasteiger partial charge on any atom is -0.389 e. The molecule has 0 bridgehead atoms. The van der Waals surface area contributed by atoms with Gasteiger partial charge in [0.1, 0.15) is 4.99 Å². The van der Waals surface area contributed by atoms with Gasteiger partial charge in [-0.25, -0.2) is 13.1 Å². The molecule has 0 aromatic heterocycles. The van der Waals surface area contributed by atoms with Crippen molar-refractivity contribution in [1.29, 1.82) is 0 Å². The van der Waals surface area contributed by atoms with Gasteiger partial charge in [-0.1, -0.05) is 36.7 Å². The van der Waals surface area contributed by atoms with Gasteiger partial charge in [0, 0.05) is 11.6 Å². The fourth-order valence-electron chi connectivity index (χ4n) is 2.10. The SMILES string of the molecule is CC(CC1CC1)NS(=O)(=O)c1ccc(C(N)=S)c(Cl)c1. The molecule has 0 aliphatic heterocycles. The fraction of sp³-hybridized carbons (Fsp3) is 0.462. The molecule has 0 radical (unpaired) electrons. The van der Waals surface area contributed by atoms with Crippen LogP contribution >= 0.6 is 23.8 Å². The molecule has 1 unspecified atom stereocenters. The second-order valence-corrected chi connectivity index (χ2v) is 7.77. The van der Waals surface area contributed by atoms with Crippen LogP contribution in [0.4, 0.5) is 0 Å². The van der Waals surface area contributed by atoms with Crippen LogP contribution in [0.1, 0.15) is 31.7 Å². The second-order valence-electron chi connectivity index (χ2n) is 5.21. The van der Waals surface area contributed by atoms with Gasteiger partial charge in [-0.05, 0) is 37.5 Å². The summed E-state index contributed by atoms with van der Waals surface area (Å²) >= 11 is 10.8. The normalized spacial score (nSPS) is 16.9. The minimum absolute atomic E-state index is 0.0819. The number of hydrogen-bond acceptors (Lipinski definition) is 3. The van der Waals surface area contributed by atoms with Crippen LogP contribution < -0.4 is 10.5 Å². The molecule has 2 rings (SSSR count). The Morgan fingerprint density at radius 1 is 1.55 bits per heavy atom. The molecule has 1 aliphatic carbocycles. The van der Waals surface area contributed by atoms with E-state index in [-0.39, 0.29) is 20.9 Å². The van der Waals surface area contributed by atoms with E-state index in [4.69, 9.17) is 29.6 Å². The Morgan fingerprint density at radius 3 is 2.70 bits per heavy atom. The van der Waals surface area contributed by atoms with Crippen LogP contribution in [-0.2, 0) is 10.0 Å². The predicted molar refractivity (Wildman–Crippen MR) is 84.5 cm³/mol. The first-order valence-corrected chi connectivity index (χ1v) is 8.68. The lowest BCUT2D eigenvalue weighted by Crippen LogP contribution is -2.33. The van der Waals surface area contributed by atoms with E-state index in [1.807, 2.05) is 6.92 Å². The number of nitrogens with two attached hydrogens (primary N) is 1. The van der Waals surface area contributed by atoms with Crippen LogP contribution in [0.2, 0.25) is 5.02 Å². The molecule has 0 amide bonds. The van der Waals surface area contributed by atoms with E-state index >= 15 is 0 Å². The molecule has 1 aromatic carbocycles. The Labute approximate surface area is 129 Å². The average Bonchev–Trinajstić information content (AvgIpc) is 3.11. The number of rotatable bonds is 6. The van der Waals surface area contributed by atoms with Gasteiger partial charge in [0.15, 0.2) is 0 Å². The molecule has 1 aliphatic rings. The van der Waals surface area contributed by atoms with E-state index in [0.29, 0.717) is 11.5 Å². The quantitative estimate of drug-likeness (QED) is 0.785. The first kappa shape index (κ1) is 15.7. The molecule has 0 heterocycles. The first-order chi connectivity index (χ1) is 9.29. The fourth-order valence-corrected chi connectivity index (χ4v) is 3.96. The van der Waals surface area contributed by atoms with Crippen molar-refractivity contribution in [2.75, 3.05) is 0 Å². The zero-order valence-electron chi connectivity index (χ0n) is 11.1.